The molecule has 2 atom stereocenters. The molecule has 8 nitrogen and oxygen atoms in total. The van der Waals surface area contributed by atoms with Crippen molar-refractivity contribution >= 4 is 27.1 Å². The van der Waals surface area contributed by atoms with Crippen molar-refractivity contribution < 1.29 is 17.6 Å². The van der Waals surface area contributed by atoms with Crippen LogP contribution in [0.3, 0.4) is 0 Å². The maximum absolute atomic E-state index is 14.5. The van der Waals surface area contributed by atoms with Gasteiger partial charge in [-0.3, -0.25) is 0 Å². The van der Waals surface area contributed by atoms with Gasteiger partial charge in [-0.05, 0) is 67.5 Å². The van der Waals surface area contributed by atoms with E-state index in [9.17, 15) is 18.4 Å². The van der Waals surface area contributed by atoms with E-state index in [0.29, 0.717) is 27.3 Å². The van der Waals surface area contributed by atoms with E-state index in [-0.39, 0.29) is 31.3 Å². The van der Waals surface area contributed by atoms with Gasteiger partial charge in [-0.15, -0.1) is 10.2 Å². The molecule has 3 aliphatic rings. The number of alkyl halides is 3. The minimum Gasteiger partial charge on any atom is -0.424 e. The fourth-order valence-electron chi connectivity index (χ4n) is 5.85. The zero-order chi connectivity index (χ0) is 23.9. The molecule has 3 aromatic heterocycles. The van der Waals surface area contributed by atoms with Crippen molar-refractivity contribution in [1.82, 2.24) is 24.7 Å². The molecule has 34 heavy (non-hydrogen) atoms. The second-order valence-electron chi connectivity index (χ2n) is 9.68. The number of pyridine rings is 1. The Balaban J connectivity index is 1.39. The molecule has 12 heteroatoms. The fraction of sp³-hybridized carbons (Fsp3) is 0.545. The number of hydrogen-bond donors (Lipinski definition) is 0. The minimum absolute atomic E-state index is 0.0709. The summed E-state index contributed by atoms with van der Waals surface area (Å²) in [7, 11) is 2.04. The lowest BCUT2D eigenvalue weighted by Crippen LogP contribution is -2.34. The number of anilines is 1. The SMILES string of the molecule is CN1CCC(c2nnc([C@]34CN(c5c(Br)cc(C#N)n6nccc56)C[C@@]3(C(F)(F)F)C4)o2)CC1. The Kier molecular flexibility index (Phi) is 4.61. The Bertz CT molecular complexity index is 1320. The Morgan fingerprint density at radius 2 is 2.00 bits per heavy atom. The van der Waals surface area contributed by atoms with Crippen LogP contribution in [0, 0.1) is 16.7 Å². The third-order valence-electron chi connectivity index (χ3n) is 7.81. The van der Waals surface area contributed by atoms with Crippen molar-refractivity contribution in [3.8, 4) is 6.07 Å². The summed E-state index contributed by atoms with van der Waals surface area (Å²) in [5.41, 5.74) is -1.81. The highest BCUT2D eigenvalue weighted by Crippen LogP contribution is 2.75. The van der Waals surface area contributed by atoms with Crippen LogP contribution in [-0.4, -0.2) is 64.1 Å². The molecule has 6 rings (SSSR count). The summed E-state index contributed by atoms with van der Waals surface area (Å²) in [5, 5.41) is 22.0. The number of aromatic nitrogens is 4. The van der Waals surface area contributed by atoms with Crippen LogP contribution < -0.4 is 4.90 Å². The second-order valence-corrected chi connectivity index (χ2v) is 10.5. The van der Waals surface area contributed by atoms with E-state index in [1.807, 2.05) is 7.05 Å². The van der Waals surface area contributed by atoms with Crippen LogP contribution in [0.2, 0.25) is 0 Å². The summed E-state index contributed by atoms with van der Waals surface area (Å²) >= 11 is 3.47. The lowest BCUT2D eigenvalue weighted by Gasteiger charge is -2.26. The molecule has 3 fully saturated rings. The average molecular weight is 536 g/mol. The van der Waals surface area contributed by atoms with Crippen LogP contribution in [0.15, 0.2) is 27.2 Å². The summed E-state index contributed by atoms with van der Waals surface area (Å²) in [6.45, 7) is 1.64. The molecule has 5 heterocycles. The molecule has 0 aromatic carbocycles. The lowest BCUT2D eigenvalue weighted by molar-refractivity contribution is -0.187. The van der Waals surface area contributed by atoms with Gasteiger partial charge in [0.1, 0.15) is 17.2 Å². The number of likely N-dealkylation sites (tertiary alicyclic amines) is 1. The quantitative estimate of drug-likeness (QED) is 0.503. The molecule has 0 radical (unpaired) electrons. The molecule has 2 saturated heterocycles. The molecular formula is C22H21BrF3N7O. The molecular weight excluding hydrogens is 515 g/mol. The van der Waals surface area contributed by atoms with Crippen molar-refractivity contribution in [2.45, 2.75) is 36.8 Å². The minimum atomic E-state index is -4.43. The number of fused-ring (bicyclic) bond motifs is 2. The van der Waals surface area contributed by atoms with Gasteiger partial charge in [0, 0.05) is 23.5 Å². The molecule has 1 saturated carbocycles. The zero-order valence-electron chi connectivity index (χ0n) is 18.3. The molecule has 0 spiro atoms. The van der Waals surface area contributed by atoms with Crippen molar-refractivity contribution in [2.75, 3.05) is 38.1 Å². The smallest absolute Gasteiger partial charge is 0.397 e. The highest BCUT2D eigenvalue weighted by molar-refractivity contribution is 9.10. The molecule has 0 unspecified atom stereocenters. The average Bonchev–Trinajstić information content (AvgIpc) is 3.26. The van der Waals surface area contributed by atoms with Gasteiger partial charge in [0.15, 0.2) is 0 Å². The Labute approximate surface area is 201 Å². The zero-order valence-corrected chi connectivity index (χ0v) is 19.9. The molecule has 0 amide bonds. The first-order chi connectivity index (χ1) is 16.2. The molecule has 3 aromatic rings. The van der Waals surface area contributed by atoms with Crippen LogP contribution in [0.25, 0.3) is 5.52 Å². The highest BCUT2D eigenvalue weighted by Gasteiger charge is 2.86. The van der Waals surface area contributed by atoms with Crippen molar-refractivity contribution in [2.24, 2.45) is 5.41 Å². The number of rotatable bonds is 3. The molecule has 0 N–H and O–H groups in total. The van der Waals surface area contributed by atoms with Crippen LogP contribution in [0.5, 0.6) is 0 Å². The number of halogens is 4. The third kappa shape index (κ3) is 2.89. The second kappa shape index (κ2) is 7.18. The van der Waals surface area contributed by atoms with E-state index < -0.39 is 17.0 Å². The standard InChI is InChI=1S/C22H21BrF3N7O/c1-31-6-3-13(4-7-31)18-29-30-19(34-18)20-10-21(20,22(24,25)26)12-32(11-20)17-15(23)8-14(9-27)33-16(17)2-5-28-33/h2,5,8,13H,3-4,6-7,10-12H2,1H3/t20-,21-/m0/s1. The van der Waals surface area contributed by atoms with Gasteiger partial charge in [0.05, 0.1) is 22.8 Å². The Hall–Kier alpha value is -2.65. The van der Waals surface area contributed by atoms with E-state index in [4.69, 9.17) is 4.42 Å². The summed E-state index contributed by atoms with van der Waals surface area (Å²) < 4.78 is 51.5. The third-order valence-corrected chi connectivity index (χ3v) is 8.42. The van der Waals surface area contributed by atoms with Gasteiger partial charge in [0.25, 0.3) is 0 Å². The van der Waals surface area contributed by atoms with E-state index >= 15 is 0 Å². The predicted molar refractivity (Wildman–Crippen MR) is 118 cm³/mol. The lowest BCUT2D eigenvalue weighted by atomic mass is 9.95. The molecule has 178 valence electrons. The normalized spacial score (nSPS) is 27.8. The van der Waals surface area contributed by atoms with E-state index in [2.05, 4.69) is 42.2 Å². The van der Waals surface area contributed by atoms with Gasteiger partial charge in [0.2, 0.25) is 11.8 Å². The first-order valence-corrected chi connectivity index (χ1v) is 11.9. The fourth-order valence-corrected chi connectivity index (χ4v) is 6.52. The maximum Gasteiger partial charge on any atom is 0.397 e. The van der Waals surface area contributed by atoms with Crippen LogP contribution >= 0.6 is 15.9 Å². The number of piperidine rings is 2. The topological polar surface area (TPSA) is 86.5 Å². The van der Waals surface area contributed by atoms with Crippen LogP contribution in [-0.2, 0) is 5.41 Å². The summed E-state index contributed by atoms with van der Waals surface area (Å²) in [4.78, 5) is 3.92. The number of hydrogen-bond acceptors (Lipinski definition) is 7. The molecule has 1 aliphatic carbocycles. The predicted octanol–water partition coefficient (Wildman–Crippen LogP) is 3.87. The Morgan fingerprint density at radius 1 is 1.24 bits per heavy atom. The van der Waals surface area contributed by atoms with Crippen LogP contribution in [0.4, 0.5) is 18.9 Å². The molecule has 0 bridgehead atoms. The van der Waals surface area contributed by atoms with Gasteiger partial charge in [-0.2, -0.15) is 23.5 Å². The van der Waals surface area contributed by atoms with Crippen molar-refractivity contribution in [1.29, 1.82) is 5.26 Å². The Morgan fingerprint density at radius 3 is 2.71 bits per heavy atom. The summed E-state index contributed by atoms with van der Waals surface area (Å²) in [5.74, 6) is 0.594. The van der Waals surface area contributed by atoms with Crippen LogP contribution in [0.1, 0.15) is 42.7 Å². The van der Waals surface area contributed by atoms with Gasteiger partial charge in [-0.25, -0.2) is 4.52 Å². The number of nitriles is 1. The van der Waals surface area contributed by atoms with E-state index in [1.54, 1.807) is 17.0 Å². The summed E-state index contributed by atoms with van der Waals surface area (Å²) in [6, 6.07) is 5.35. The largest absolute Gasteiger partial charge is 0.424 e. The summed E-state index contributed by atoms with van der Waals surface area (Å²) in [6.07, 6.45) is -1.28. The monoisotopic (exact) mass is 535 g/mol. The van der Waals surface area contributed by atoms with Crippen molar-refractivity contribution in [3.63, 3.8) is 0 Å². The molecule has 2 aliphatic heterocycles. The van der Waals surface area contributed by atoms with Gasteiger partial charge >= 0.3 is 6.18 Å². The van der Waals surface area contributed by atoms with Gasteiger partial charge in [-0.1, -0.05) is 0 Å². The van der Waals surface area contributed by atoms with E-state index in [0.717, 1.165) is 25.9 Å². The number of nitrogens with zero attached hydrogens (tertiary/aromatic N) is 7. The first kappa shape index (κ1) is 21.9. The van der Waals surface area contributed by atoms with Gasteiger partial charge < -0.3 is 14.2 Å². The highest BCUT2D eigenvalue weighted by atomic mass is 79.9. The van der Waals surface area contributed by atoms with Crippen molar-refractivity contribution in [3.05, 3.63) is 40.3 Å². The van der Waals surface area contributed by atoms with E-state index in [1.165, 1.54) is 10.7 Å². The maximum atomic E-state index is 14.5. The first-order valence-electron chi connectivity index (χ1n) is 11.1.